The highest BCUT2D eigenvalue weighted by Gasteiger charge is 1.95. The van der Waals surface area contributed by atoms with Crippen LogP contribution in [0, 0.1) is 5.92 Å². The average molecular weight is 194 g/mol. The first-order valence-electron chi connectivity index (χ1n) is 5.22. The highest BCUT2D eigenvalue weighted by molar-refractivity contribution is 5.81. The van der Waals surface area contributed by atoms with Crippen molar-refractivity contribution >= 4 is 5.84 Å². The van der Waals surface area contributed by atoms with Crippen LogP contribution in [-0.2, 0) is 0 Å². The fraction of sp³-hybridized carbons (Fsp3) is 0.583. The van der Waals surface area contributed by atoms with E-state index in [0.29, 0.717) is 5.92 Å². The minimum absolute atomic E-state index is 0.523. The van der Waals surface area contributed by atoms with E-state index in [9.17, 15) is 0 Å². The second-order valence-electron chi connectivity index (χ2n) is 3.66. The van der Waals surface area contributed by atoms with Crippen molar-refractivity contribution in [1.82, 2.24) is 5.32 Å². The van der Waals surface area contributed by atoms with Crippen molar-refractivity contribution in [3.63, 3.8) is 0 Å². The van der Waals surface area contributed by atoms with Crippen LogP contribution >= 0.6 is 0 Å². The number of amidine groups is 1. The van der Waals surface area contributed by atoms with Gasteiger partial charge in [0.25, 0.3) is 0 Å². The number of nitrogens with one attached hydrogen (secondary N) is 1. The summed E-state index contributed by atoms with van der Waals surface area (Å²) in [4.78, 5) is 4.35. The number of hydrogen-bond donors (Lipinski definition) is 1. The molecule has 14 heavy (non-hydrogen) atoms. The zero-order valence-corrected chi connectivity index (χ0v) is 9.80. The molecule has 0 spiro atoms. The molecular weight excluding hydrogens is 172 g/mol. The molecule has 0 radical (unpaired) electrons. The summed E-state index contributed by atoms with van der Waals surface area (Å²) < 4.78 is 0. The lowest BCUT2D eigenvalue weighted by Crippen LogP contribution is -2.19. The number of allylic oxidation sites excluding steroid dienone is 2. The number of nitrogens with zero attached hydrogens (tertiary/aromatic N) is 1. The van der Waals surface area contributed by atoms with Gasteiger partial charge in [0.05, 0.1) is 5.84 Å². The molecule has 0 unspecified atom stereocenters. The Balaban J connectivity index is 4.25. The lowest BCUT2D eigenvalue weighted by atomic mass is 10.2. The average Bonchev–Trinajstić information content (AvgIpc) is 2.12. The maximum Gasteiger partial charge on any atom is 0.0975 e. The van der Waals surface area contributed by atoms with E-state index in [0.717, 1.165) is 24.5 Å². The summed E-state index contributed by atoms with van der Waals surface area (Å²) >= 11 is 0. The Morgan fingerprint density at radius 3 is 2.57 bits per heavy atom. The summed E-state index contributed by atoms with van der Waals surface area (Å²) in [5.41, 5.74) is 1.04. The third-order valence-corrected chi connectivity index (χ3v) is 1.63. The van der Waals surface area contributed by atoms with Gasteiger partial charge >= 0.3 is 0 Å². The molecule has 0 aromatic carbocycles. The van der Waals surface area contributed by atoms with E-state index in [1.807, 2.05) is 13.0 Å². The zero-order valence-electron chi connectivity index (χ0n) is 9.80. The van der Waals surface area contributed by atoms with Crippen LogP contribution in [0.3, 0.4) is 0 Å². The van der Waals surface area contributed by atoms with Crippen LogP contribution in [0.5, 0.6) is 0 Å². The molecule has 0 aromatic heterocycles. The molecule has 0 heterocycles. The molecule has 0 aliphatic rings. The SMILES string of the molecule is C=C/C(=C\C(C)C)NC(C)=NCCC. The van der Waals surface area contributed by atoms with Crippen LogP contribution in [0.25, 0.3) is 0 Å². The number of hydrogen-bond acceptors (Lipinski definition) is 1. The first kappa shape index (κ1) is 12.9. The van der Waals surface area contributed by atoms with Gasteiger partial charge in [-0.15, -0.1) is 0 Å². The first-order chi connectivity index (χ1) is 6.60. The van der Waals surface area contributed by atoms with E-state index in [1.54, 1.807) is 0 Å². The Kier molecular flexibility index (Phi) is 6.81. The van der Waals surface area contributed by atoms with Crippen LogP contribution in [0.15, 0.2) is 29.4 Å². The normalized spacial score (nSPS) is 13.2. The smallest absolute Gasteiger partial charge is 0.0975 e. The molecule has 0 saturated carbocycles. The van der Waals surface area contributed by atoms with Crippen LogP contribution in [0.4, 0.5) is 0 Å². The van der Waals surface area contributed by atoms with Crippen molar-refractivity contribution in [2.24, 2.45) is 10.9 Å². The van der Waals surface area contributed by atoms with Crippen LogP contribution in [-0.4, -0.2) is 12.4 Å². The lowest BCUT2D eigenvalue weighted by molar-refractivity contribution is 0.817. The summed E-state index contributed by atoms with van der Waals surface area (Å²) in [6.45, 7) is 13.0. The van der Waals surface area contributed by atoms with Crippen molar-refractivity contribution in [2.75, 3.05) is 6.54 Å². The van der Waals surface area contributed by atoms with Crippen molar-refractivity contribution in [1.29, 1.82) is 0 Å². The Morgan fingerprint density at radius 2 is 2.14 bits per heavy atom. The van der Waals surface area contributed by atoms with Gasteiger partial charge in [0.1, 0.15) is 0 Å². The topological polar surface area (TPSA) is 24.4 Å². The molecule has 0 aliphatic carbocycles. The predicted octanol–water partition coefficient (Wildman–Crippen LogP) is 3.13. The van der Waals surface area contributed by atoms with Gasteiger partial charge in [-0.25, -0.2) is 0 Å². The molecular formula is C12H22N2. The van der Waals surface area contributed by atoms with Crippen molar-refractivity contribution < 1.29 is 0 Å². The summed E-state index contributed by atoms with van der Waals surface area (Å²) in [5.74, 6) is 1.48. The fourth-order valence-electron chi connectivity index (χ4n) is 1.05. The number of rotatable bonds is 5. The van der Waals surface area contributed by atoms with E-state index >= 15 is 0 Å². The van der Waals surface area contributed by atoms with Crippen LogP contribution in [0.1, 0.15) is 34.1 Å². The van der Waals surface area contributed by atoms with Gasteiger partial charge in [-0.05, 0) is 25.3 Å². The zero-order chi connectivity index (χ0) is 11.0. The molecule has 0 fully saturated rings. The van der Waals surface area contributed by atoms with Crippen LogP contribution < -0.4 is 5.32 Å². The predicted molar refractivity (Wildman–Crippen MR) is 64.5 cm³/mol. The summed E-state index contributed by atoms with van der Waals surface area (Å²) in [6, 6.07) is 0. The lowest BCUT2D eigenvalue weighted by Gasteiger charge is -2.07. The van der Waals surface area contributed by atoms with Gasteiger partial charge in [0, 0.05) is 12.2 Å². The Morgan fingerprint density at radius 1 is 1.50 bits per heavy atom. The highest BCUT2D eigenvalue weighted by Crippen LogP contribution is 2.00. The summed E-state index contributed by atoms with van der Waals surface area (Å²) in [7, 11) is 0. The van der Waals surface area contributed by atoms with Crippen LogP contribution in [0.2, 0.25) is 0 Å². The monoisotopic (exact) mass is 194 g/mol. The van der Waals surface area contributed by atoms with Crippen molar-refractivity contribution in [3.8, 4) is 0 Å². The molecule has 0 aliphatic heterocycles. The van der Waals surface area contributed by atoms with Gasteiger partial charge in [0.2, 0.25) is 0 Å². The first-order valence-corrected chi connectivity index (χ1v) is 5.22. The maximum atomic E-state index is 4.35. The Hall–Kier alpha value is -1.05. The maximum absolute atomic E-state index is 4.35. The molecule has 1 N–H and O–H groups in total. The van der Waals surface area contributed by atoms with E-state index in [1.165, 1.54) is 0 Å². The van der Waals surface area contributed by atoms with Gasteiger partial charge in [-0.3, -0.25) is 4.99 Å². The highest BCUT2D eigenvalue weighted by atomic mass is 15.0. The molecule has 0 amide bonds. The van der Waals surface area contributed by atoms with Crippen molar-refractivity contribution in [3.05, 3.63) is 24.4 Å². The molecule has 0 saturated heterocycles. The van der Waals surface area contributed by atoms with Crippen molar-refractivity contribution in [2.45, 2.75) is 34.1 Å². The standard InChI is InChI=1S/C12H22N2/c1-6-8-13-11(5)14-12(7-2)9-10(3)4/h7,9-10H,2,6,8H2,1,3-5H3,(H,13,14)/b12-9+. The molecule has 2 nitrogen and oxygen atoms in total. The Bertz CT molecular complexity index is 224. The van der Waals surface area contributed by atoms with Gasteiger partial charge in [-0.1, -0.05) is 33.4 Å². The van der Waals surface area contributed by atoms with Gasteiger partial charge < -0.3 is 5.32 Å². The molecule has 0 rings (SSSR count). The quantitative estimate of drug-likeness (QED) is 0.406. The minimum atomic E-state index is 0.523. The summed E-state index contributed by atoms with van der Waals surface area (Å²) in [6.07, 6.45) is 5.04. The van der Waals surface area contributed by atoms with Gasteiger partial charge in [0.15, 0.2) is 0 Å². The molecule has 0 bridgehead atoms. The van der Waals surface area contributed by atoms with E-state index in [2.05, 4.69) is 43.7 Å². The molecule has 2 heteroatoms. The van der Waals surface area contributed by atoms with Gasteiger partial charge in [-0.2, -0.15) is 0 Å². The molecule has 0 aromatic rings. The largest absolute Gasteiger partial charge is 0.345 e. The second-order valence-corrected chi connectivity index (χ2v) is 3.66. The number of aliphatic imine (C=N–C) groups is 1. The van der Waals surface area contributed by atoms with E-state index < -0.39 is 0 Å². The molecule has 0 atom stereocenters. The molecule has 80 valence electrons. The van der Waals surface area contributed by atoms with E-state index in [-0.39, 0.29) is 0 Å². The fourth-order valence-corrected chi connectivity index (χ4v) is 1.05. The summed E-state index contributed by atoms with van der Waals surface area (Å²) in [5, 5.41) is 3.23. The third-order valence-electron chi connectivity index (χ3n) is 1.63. The minimum Gasteiger partial charge on any atom is -0.345 e. The third kappa shape index (κ3) is 6.46. The Labute approximate surface area is 87.8 Å². The van der Waals surface area contributed by atoms with E-state index in [4.69, 9.17) is 0 Å². The second kappa shape index (κ2) is 7.36.